The molecule has 5 heteroatoms. The Morgan fingerprint density at radius 3 is 2.53 bits per heavy atom. The van der Waals surface area contributed by atoms with E-state index in [0.29, 0.717) is 12.1 Å². The molecule has 0 aliphatic heterocycles. The van der Waals surface area contributed by atoms with Crippen LogP contribution >= 0.6 is 11.3 Å². The molecule has 0 saturated carbocycles. The van der Waals surface area contributed by atoms with E-state index in [2.05, 4.69) is 17.2 Å². The Morgan fingerprint density at radius 2 is 1.95 bits per heavy atom. The van der Waals surface area contributed by atoms with Gasteiger partial charge in [0.25, 0.3) is 0 Å². The summed E-state index contributed by atoms with van der Waals surface area (Å²) in [6.45, 7) is 4.56. The molecule has 1 aromatic heterocycles. The third-order valence-electron chi connectivity index (χ3n) is 2.89. The summed E-state index contributed by atoms with van der Waals surface area (Å²) in [6, 6.07) is 3.45. The van der Waals surface area contributed by atoms with Gasteiger partial charge < -0.3 is 5.32 Å². The molecule has 2 nitrogen and oxygen atoms in total. The summed E-state index contributed by atoms with van der Waals surface area (Å²) in [6.07, 6.45) is 2.84. The van der Waals surface area contributed by atoms with E-state index in [1.54, 1.807) is 11.3 Å². The van der Waals surface area contributed by atoms with E-state index in [1.165, 1.54) is 17.0 Å². The highest BCUT2D eigenvalue weighted by Crippen LogP contribution is 2.18. The predicted molar refractivity (Wildman–Crippen MR) is 73.1 cm³/mol. The first-order valence-electron chi connectivity index (χ1n) is 6.21. The van der Waals surface area contributed by atoms with Crippen LogP contribution in [0.4, 0.5) is 8.78 Å². The predicted octanol–water partition coefficient (Wildman–Crippen LogP) is 3.83. The third-order valence-corrected chi connectivity index (χ3v) is 4.04. The first-order valence-corrected chi connectivity index (χ1v) is 7.03. The first kappa shape index (κ1) is 14.1. The molecular formula is C14H16F2N2S. The van der Waals surface area contributed by atoms with E-state index in [4.69, 9.17) is 0 Å². The van der Waals surface area contributed by atoms with Crippen molar-refractivity contribution in [2.75, 3.05) is 0 Å². The maximum absolute atomic E-state index is 13.1. The quantitative estimate of drug-likeness (QED) is 0.901. The molecular weight excluding hydrogens is 266 g/mol. The molecule has 1 aromatic carbocycles. The van der Waals surface area contributed by atoms with Gasteiger partial charge in [0.15, 0.2) is 0 Å². The van der Waals surface area contributed by atoms with Crippen LogP contribution in [0, 0.1) is 11.6 Å². The van der Waals surface area contributed by atoms with Crippen molar-refractivity contribution in [2.45, 2.75) is 32.9 Å². The second kappa shape index (κ2) is 6.21. The number of rotatable bonds is 5. The van der Waals surface area contributed by atoms with Crippen molar-refractivity contribution in [2.24, 2.45) is 0 Å². The smallest absolute Gasteiger partial charge is 0.126 e. The van der Waals surface area contributed by atoms with Gasteiger partial charge in [-0.3, -0.25) is 0 Å². The van der Waals surface area contributed by atoms with Crippen LogP contribution in [-0.2, 0) is 13.0 Å². The van der Waals surface area contributed by atoms with Crippen molar-refractivity contribution in [3.05, 3.63) is 51.5 Å². The molecule has 2 rings (SSSR count). The van der Waals surface area contributed by atoms with E-state index in [-0.39, 0.29) is 6.04 Å². The standard InChI is InChI=1S/C14H16F2N2S/c1-3-13-7-18-14(19-13)8-17-9(2)10-4-11(15)6-12(16)5-10/h4-7,9,17H,3,8H2,1-2H3. The van der Waals surface area contributed by atoms with Crippen LogP contribution in [0.2, 0.25) is 0 Å². The Bertz CT molecular complexity index is 534. The number of benzene rings is 1. The SMILES string of the molecule is CCc1cnc(CNC(C)c2cc(F)cc(F)c2)s1. The minimum atomic E-state index is -0.550. The van der Waals surface area contributed by atoms with Gasteiger partial charge in [0.05, 0.1) is 0 Å². The largest absolute Gasteiger partial charge is 0.304 e. The second-order valence-corrected chi connectivity index (χ2v) is 5.58. The van der Waals surface area contributed by atoms with E-state index in [1.807, 2.05) is 13.1 Å². The van der Waals surface area contributed by atoms with Crippen LogP contribution in [0.3, 0.4) is 0 Å². The Labute approximate surface area is 115 Å². The fraction of sp³-hybridized carbons (Fsp3) is 0.357. The zero-order chi connectivity index (χ0) is 13.8. The van der Waals surface area contributed by atoms with Gasteiger partial charge in [-0.25, -0.2) is 13.8 Å². The number of thiazole rings is 1. The molecule has 102 valence electrons. The van der Waals surface area contributed by atoms with E-state index < -0.39 is 11.6 Å². The van der Waals surface area contributed by atoms with Gasteiger partial charge in [0.2, 0.25) is 0 Å². The fourth-order valence-corrected chi connectivity index (χ4v) is 2.59. The van der Waals surface area contributed by atoms with Crippen molar-refractivity contribution in [3.8, 4) is 0 Å². The second-order valence-electron chi connectivity index (χ2n) is 4.38. The van der Waals surface area contributed by atoms with E-state index >= 15 is 0 Å². The lowest BCUT2D eigenvalue weighted by molar-refractivity contribution is 0.545. The molecule has 0 amide bonds. The van der Waals surface area contributed by atoms with Crippen LogP contribution in [0.25, 0.3) is 0 Å². The summed E-state index contributed by atoms with van der Waals surface area (Å²) in [5.74, 6) is -1.10. The molecule has 19 heavy (non-hydrogen) atoms. The Kier molecular flexibility index (Phi) is 4.61. The van der Waals surface area contributed by atoms with Gasteiger partial charge in [0.1, 0.15) is 16.6 Å². The highest BCUT2D eigenvalue weighted by Gasteiger charge is 2.09. The molecule has 0 bridgehead atoms. The summed E-state index contributed by atoms with van der Waals surface area (Å²) in [5, 5.41) is 4.21. The van der Waals surface area contributed by atoms with Gasteiger partial charge in [-0.15, -0.1) is 11.3 Å². The highest BCUT2D eigenvalue weighted by atomic mass is 32.1. The molecule has 0 aliphatic carbocycles. The van der Waals surface area contributed by atoms with Crippen molar-refractivity contribution in [3.63, 3.8) is 0 Å². The lowest BCUT2D eigenvalue weighted by Crippen LogP contribution is -2.18. The van der Waals surface area contributed by atoms with Crippen LogP contribution < -0.4 is 5.32 Å². The Hall–Kier alpha value is -1.33. The highest BCUT2D eigenvalue weighted by molar-refractivity contribution is 7.11. The summed E-state index contributed by atoms with van der Waals surface area (Å²) in [7, 11) is 0. The van der Waals surface area contributed by atoms with Crippen LogP contribution in [-0.4, -0.2) is 4.98 Å². The molecule has 1 heterocycles. The van der Waals surface area contributed by atoms with Crippen LogP contribution in [0.15, 0.2) is 24.4 Å². The van der Waals surface area contributed by atoms with Crippen molar-refractivity contribution < 1.29 is 8.78 Å². The summed E-state index contributed by atoms with van der Waals surface area (Å²) in [5.41, 5.74) is 0.602. The average molecular weight is 282 g/mol. The molecule has 0 fully saturated rings. The molecule has 1 atom stereocenters. The maximum Gasteiger partial charge on any atom is 0.126 e. The topological polar surface area (TPSA) is 24.9 Å². The number of halogens is 2. The van der Waals surface area contributed by atoms with Gasteiger partial charge in [0, 0.05) is 29.7 Å². The fourth-order valence-electron chi connectivity index (χ4n) is 1.78. The number of hydrogen-bond donors (Lipinski definition) is 1. The number of aryl methyl sites for hydroxylation is 1. The first-order chi connectivity index (χ1) is 9.08. The van der Waals surface area contributed by atoms with Crippen LogP contribution in [0.5, 0.6) is 0 Å². The maximum atomic E-state index is 13.1. The lowest BCUT2D eigenvalue weighted by atomic mass is 10.1. The summed E-state index contributed by atoms with van der Waals surface area (Å²) < 4.78 is 26.2. The van der Waals surface area contributed by atoms with Crippen molar-refractivity contribution in [1.82, 2.24) is 10.3 Å². The molecule has 0 radical (unpaired) electrons. The normalized spacial score (nSPS) is 12.6. The molecule has 2 aromatic rings. The van der Waals surface area contributed by atoms with E-state index in [0.717, 1.165) is 17.5 Å². The van der Waals surface area contributed by atoms with Gasteiger partial charge >= 0.3 is 0 Å². The Morgan fingerprint density at radius 1 is 1.26 bits per heavy atom. The Balaban J connectivity index is 1.98. The number of nitrogens with zero attached hydrogens (tertiary/aromatic N) is 1. The average Bonchev–Trinajstić information content (AvgIpc) is 2.82. The van der Waals surface area contributed by atoms with Crippen LogP contribution in [0.1, 0.15) is 35.3 Å². The van der Waals surface area contributed by atoms with Gasteiger partial charge in [-0.2, -0.15) is 0 Å². The van der Waals surface area contributed by atoms with E-state index in [9.17, 15) is 8.78 Å². The molecule has 0 saturated heterocycles. The zero-order valence-corrected chi connectivity index (χ0v) is 11.7. The minimum Gasteiger partial charge on any atom is -0.304 e. The molecule has 1 N–H and O–H groups in total. The minimum absolute atomic E-state index is 0.126. The van der Waals surface area contributed by atoms with Crippen molar-refractivity contribution >= 4 is 11.3 Å². The summed E-state index contributed by atoms with van der Waals surface area (Å²) in [4.78, 5) is 5.53. The number of hydrogen-bond acceptors (Lipinski definition) is 3. The van der Waals surface area contributed by atoms with Crippen molar-refractivity contribution in [1.29, 1.82) is 0 Å². The third kappa shape index (κ3) is 3.81. The number of aromatic nitrogens is 1. The molecule has 0 spiro atoms. The monoisotopic (exact) mass is 282 g/mol. The molecule has 0 aliphatic rings. The molecule has 1 unspecified atom stereocenters. The lowest BCUT2D eigenvalue weighted by Gasteiger charge is -2.13. The van der Waals surface area contributed by atoms with Gasteiger partial charge in [-0.05, 0) is 31.0 Å². The number of nitrogens with one attached hydrogen (secondary N) is 1. The summed E-state index contributed by atoms with van der Waals surface area (Å²) >= 11 is 1.65. The zero-order valence-electron chi connectivity index (χ0n) is 10.9. The van der Waals surface area contributed by atoms with Gasteiger partial charge in [-0.1, -0.05) is 6.92 Å².